The summed E-state index contributed by atoms with van der Waals surface area (Å²) in [4.78, 5) is 27.8. The molecule has 3 aromatic rings. The molecule has 0 bridgehead atoms. The molecule has 0 saturated heterocycles. The third kappa shape index (κ3) is 7.25. The molecule has 2 N–H and O–H groups in total. The Hall–Kier alpha value is -4.01. The number of aromatic nitrogens is 2. The molecule has 3 amide bonds. The first-order valence-electron chi connectivity index (χ1n) is 12.3. The number of carbonyl (C=O) groups is 2. The Kier molecular flexibility index (Phi) is 8.81. The molecule has 0 atom stereocenters. The van der Waals surface area contributed by atoms with Crippen LogP contribution >= 0.6 is 0 Å². The monoisotopic (exact) mass is 507 g/mol. The molecule has 0 aliphatic rings. The summed E-state index contributed by atoms with van der Waals surface area (Å²) in [7, 11) is 3.15. The van der Waals surface area contributed by atoms with Crippen LogP contribution in [0.2, 0.25) is 0 Å². The highest BCUT2D eigenvalue weighted by Crippen LogP contribution is 2.27. The summed E-state index contributed by atoms with van der Waals surface area (Å²) in [6.45, 7) is 10.5. The van der Waals surface area contributed by atoms with E-state index in [1.807, 2.05) is 56.3 Å². The molecule has 0 aliphatic heterocycles. The summed E-state index contributed by atoms with van der Waals surface area (Å²) >= 11 is 0. The predicted molar refractivity (Wildman–Crippen MR) is 146 cm³/mol. The van der Waals surface area contributed by atoms with Crippen molar-refractivity contribution in [1.29, 1.82) is 0 Å². The van der Waals surface area contributed by atoms with Crippen molar-refractivity contribution in [2.24, 2.45) is 5.92 Å². The lowest BCUT2D eigenvalue weighted by Crippen LogP contribution is -2.42. The van der Waals surface area contributed by atoms with E-state index in [-0.39, 0.29) is 29.8 Å². The molecule has 0 aliphatic carbocycles. The van der Waals surface area contributed by atoms with Gasteiger partial charge in [0, 0.05) is 18.0 Å². The number of carbonyl (C=O) groups excluding carboxylic acids is 2. The Morgan fingerprint density at radius 2 is 1.68 bits per heavy atom. The van der Waals surface area contributed by atoms with Crippen LogP contribution in [0, 0.1) is 5.92 Å². The van der Waals surface area contributed by atoms with Gasteiger partial charge in [-0.25, -0.2) is 9.48 Å². The van der Waals surface area contributed by atoms with Crippen LogP contribution in [0.5, 0.6) is 11.5 Å². The number of para-hydroxylation sites is 2. The topological polar surface area (TPSA) is 97.7 Å². The van der Waals surface area contributed by atoms with Crippen molar-refractivity contribution < 1.29 is 19.1 Å². The molecule has 9 nitrogen and oxygen atoms in total. The van der Waals surface area contributed by atoms with Crippen molar-refractivity contribution >= 4 is 23.4 Å². The van der Waals surface area contributed by atoms with Crippen LogP contribution in [0.1, 0.15) is 40.3 Å². The normalized spacial score (nSPS) is 11.2. The predicted octanol–water partition coefficient (Wildman–Crippen LogP) is 5.32. The highest BCUT2D eigenvalue weighted by Gasteiger charge is 2.24. The average Bonchev–Trinajstić information content (AvgIpc) is 3.28. The van der Waals surface area contributed by atoms with E-state index in [4.69, 9.17) is 14.6 Å². The summed E-state index contributed by atoms with van der Waals surface area (Å²) in [5.41, 5.74) is 1.91. The van der Waals surface area contributed by atoms with Crippen molar-refractivity contribution in [2.75, 3.05) is 37.9 Å². The first-order valence-corrected chi connectivity index (χ1v) is 12.3. The molecule has 1 aromatic heterocycles. The number of rotatable bonds is 9. The first kappa shape index (κ1) is 27.6. The Balaban J connectivity index is 1.83. The molecule has 0 fully saturated rings. The lowest BCUT2D eigenvalue weighted by atomic mass is 9.92. The SMILES string of the molecule is COc1ccc(-n2nc(C(C)(C)C)cc2NC(=O)CN(CC(C)C)C(=O)Nc2ccccc2OC)cc1. The third-order valence-electron chi connectivity index (χ3n) is 5.62. The summed E-state index contributed by atoms with van der Waals surface area (Å²) in [5.74, 6) is 1.63. The summed E-state index contributed by atoms with van der Waals surface area (Å²) < 4.78 is 12.3. The van der Waals surface area contributed by atoms with Gasteiger partial charge in [0.1, 0.15) is 23.9 Å². The molecule has 0 spiro atoms. The summed E-state index contributed by atoms with van der Waals surface area (Å²) in [5, 5.41) is 10.6. The second-order valence-electron chi connectivity index (χ2n) is 10.2. The highest BCUT2D eigenvalue weighted by atomic mass is 16.5. The van der Waals surface area contributed by atoms with Gasteiger partial charge < -0.3 is 25.0 Å². The quantitative estimate of drug-likeness (QED) is 0.409. The number of ether oxygens (including phenoxy) is 2. The van der Waals surface area contributed by atoms with Gasteiger partial charge in [0.05, 0.1) is 31.3 Å². The minimum Gasteiger partial charge on any atom is -0.497 e. The van der Waals surface area contributed by atoms with Crippen molar-refractivity contribution in [1.82, 2.24) is 14.7 Å². The molecule has 198 valence electrons. The molecule has 37 heavy (non-hydrogen) atoms. The molecule has 0 unspecified atom stereocenters. The van der Waals surface area contributed by atoms with Crippen LogP contribution in [-0.4, -0.2) is 53.9 Å². The van der Waals surface area contributed by atoms with E-state index in [1.54, 1.807) is 31.0 Å². The van der Waals surface area contributed by atoms with E-state index in [0.717, 1.165) is 17.1 Å². The Morgan fingerprint density at radius 1 is 1.00 bits per heavy atom. The number of nitrogens with zero attached hydrogens (tertiary/aromatic N) is 3. The van der Waals surface area contributed by atoms with Crippen LogP contribution in [0.15, 0.2) is 54.6 Å². The molecule has 3 rings (SSSR count). The van der Waals surface area contributed by atoms with Gasteiger partial charge in [-0.3, -0.25) is 4.79 Å². The van der Waals surface area contributed by atoms with Crippen LogP contribution < -0.4 is 20.1 Å². The van der Waals surface area contributed by atoms with Crippen molar-refractivity contribution in [3.05, 3.63) is 60.3 Å². The maximum atomic E-state index is 13.2. The lowest BCUT2D eigenvalue weighted by Gasteiger charge is -2.25. The fourth-order valence-electron chi connectivity index (χ4n) is 3.71. The summed E-state index contributed by atoms with van der Waals surface area (Å²) in [6.07, 6.45) is 0. The fraction of sp³-hybridized carbons (Fsp3) is 0.393. The molecule has 2 aromatic carbocycles. The number of anilines is 2. The molecular weight excluding hydrogens is 470 g/mol. The van der Waals surface area contributed by atoms with Gasteiger partial charge in [-0.05, 0) is 42.3 Å². The number of hydrogen-bond acceptors (Lipinski definition) is 5. The maximum Gasteiger partial charge on any atom is 0.322 e. The van der Waals surface area contributed by atoms with E-state index in [2.05, 4.69) is 31.4 Å². The van der Waals surface area contributed by atoms with Gasteiger partial charge >= 0.3 is 6.03 Å². The average molecular weight is 508 g/mol. The van der Waals surface area contributed by atoms with Gasteiger partial charge in [0.25, 0.3) is 0 Å². The van der Waals surface area contributed by atoms with Crippen molar-refractivity contribution in [2.45, 2.75) is 40.0 Å². The van der Waals surface area contributed by atoms with E-state index in [9.17, 15) is 9.59 Å². The zero-order valence-corrected chi connectivity index (χ0v) is 22.7. The number of urea groups is 1. The number of methoxy groups -OCH3 is 2. The molecular formula is C28H37N5O4. The van der Waals surface area contributed by atoms with Gasteiger partial charge in [0.2, 0.25) is 5.91 Å². The van der Waals surface area contributed by atoms with E-state index in [1.165, 1.54) is 4.90 Å². The zero-order chi connectivity index (χ0) is 27.2. The fourth-order valence-corrected chi connectivity index (χ4v) is 3.71. The van der Waals surface area contributed by atoms with Crippen LogP contribution in [-0.2, 0) is 10.2 Å². The molecule has 0 saturated carbocycles. The van der Waals surface area contributed by atoms with Gasteiger partial charge in [0.15, 0.2) is 0 Å². The lowest BCUT2D eigenvalue weighted by molar-refractivity contribution is -0.116. The minimum atomic E-state index is -0.382. The minimum absolute atomic E-state index is 0.127. The number of benzene rings is 2. The second-order valence-corrected chi connectivity index (χ2v) is 10.2. The smallest absolute Gasteiger partial charge is 0.322 e. The second kappa shape index (κ2) is 11.8. The van der Waals surface area contributed by atoms with Crippen LogP contribution in [0.25, 0.3) is 5.69 Å². The molecule has 9 heteroatoms. The summed E-state index contributed by atoms with van der Waals surface area (Å²) in [6, 6.07) is 16.1. The Labute approximate surface area is 218 Å². The van der Waals surface area contributed by atoms with E-state index < -0.39 is 0 Å². The van der Waals surface area contributed by atoms with Gasteiger partial charge in [-0.15, -0.1) is 0 Å². The highest BCUT2D eigenvalue weighted by molar-refractivity contribution is 5.97. The number of nitrogens with one attached hydrogen (secondary N) is 2. The van der Waals surface area contributed by atoms with Gasteiger partial charge in [-0.1, -0.05) is 46.8 Å². The Morgan fingerprint density at radius 3 is 2.27 bits per heavy atom. The maximum absolute atomic E-state index is 13.2. The van der Waals surface area contributed by atoms with Crippen LogP contribution in [0.4, 0.5) is 16.3 Å². The van der Waals surface area contributed by atoms with Crippen molar-refractivity contribution in [3.8, 4) is 17.2 Å². The van der Waals surface area contributed by atoms with E-state index in [0.29, 0.717) is 23.8 Å². The van der Waals surface area contributed by atoms with Gasteiger partial charge in [-0.2, -0.15) is 5.10 Å². The molecule has 0 radical (unpaired) electrons. The number of amides is 3. The largest absolute Gasteiger partial charge is 0.497 e. The number of hydrogen-bond donors (Lipinski definition) is 2. The molecule has 1 heterocycles. The first-order chi connectivity index (χ1) is 17.5. The van der Waals surface area contributed by atoms with E-state index >= 15 is 0 Å². The third-order valence-corrected chi connectivity index (χ3v) is 5.62. The standard InChI is InChI=1S/C28H37N5O4/c1-19(2)17-32(27(35)29-22-10-8-9-11-23(22)37-7)18-26(34)30-25-16-24(28(3,4)5)31-33(25)20-12-14-21(36-6)15-13-20/h8-16,19H,17-18H2,1-7H3,(H,29,35)(H,30,34). The van der Waals surface area contributed by atoms with Crippen molar-refractivity contribution in [3.63, 3.8) is 0 Å². The Bertz CT molecular complexity index is 1210. The van der Waals surface area contributed by atoms with Crippen LogP contribution in [0.3, 0.4) is 0 Å². The zero-order valence-electron chi connectivity index (χ0n) is 22.7.